The number of hydrogen-bond acceptors (Lipinski definition) is 7. The van der Waals surface area contributed by atoms with Crippen LogP contribution in [0.1, 0.15) is 26.7 Å². The number of nitrogens with one attached hydrogen (secondary N) is 1. The number of anilines is 1. The predicted octanol–water partition coefficient (Wildman–Crippen LogP) is 2.22. The molecule has 108 valence electrons. The molecule has 0 aromatic carbocycles. The molecule has 0 aliphatic carbocycles. The van der Waals surface area contributed by atoms with Gasteiger partial charge in [-0.15, -0.1) is 4.98 Å². The van der Waals surface area contributed by atoms with E-state index in [1.807, 2.05) is 11.8 Å². The standard InChI is InChI=1S/C12H22N4O2S/c1-6-12(7-2,19-5)8-13-9-14-10(17-3)16-11(15-9)18-4/h6-8H2,1-5H3,(H,13,14,15,16). The first kappa shape index (κ1) is 15.8. The zero-order chi connectivity index (χ0) is 14.3. The molecule has 0 radical (unpaired) electrons. The van der Waals surface area contributed by atoms with Crippen molar-refractivity contribution in [1.82, 2.24) is 15.0 Å². The largest absolute Gasteiger partial charge is 0.467 e. The minimum absolute atomic E-state index is 0.188. The molecule has 6 nitrogen and oxygen atoms in total. The maximum atomic E-state index is 5.02. The second-order valence-electron chi connectivity index (χ2n) is 4.08. The van der Waals surface area contributed by atoms with Crippen LogP contribution < -0.4 is 14.8 Å². The highest BCUT2D eigenvalue weighted by atomic mass is 32.2. The van der Waals surface area contributed by atoms with Crippen molar-refractivity contribution < 1.29 is 9.47 Å². The smallest absolute Gasteiger partial charge is 0.324 e. The molecule has 0 spiro atoms. The molecular formula is C12H22N4O2S. The Hall–Kier alpha value is -1.24. The summed E-state index contributed by atoms with van der Waals surface area (Å²) in [6.45, 7) is 5.17. The fraction of sp³-hybridized carbons (Fsp3) is 0.750. The lowest BCUT2D eigenvalue weighted by Crippen LogP contribution is -2.32. The molecule has 1 aromatic heterocycles. The predicted molar refractivity (Wildman–Crippen MR) is 78.2 cm³/mol. The summed E-state index contributed by atoms with van der Waals surface area (Å²) < 4.78 is 10.2. The molecule has 0 bridgehead atoms. The van der Waals surface area contributed by atoms with Gasteiger partial charge in [-0.3, -0.25) is 0 Å². The maximum absolute atomic E-state index is 5.02. The topological polar surface area (TPSA) is 69.2 Å². The van der Waals surface area contributed by atoms with Crippen molar-refractivity contribution in [2.24, 2.45) is 0 Å². The minimum atomic E-state index is 0.188. The molecular weight excluding hydrogens is 264 g/mol. The van der Waals surface area contributed by atoms with Crippen molar-refractivity contribution in [1.29, 1.82) is 0 Å². The van der Waals surface area contributed by atoms with Gasteiger partial charge in [-0.1, -0.05) is 13.8 Å². The van der Waals surface area contributed by atoms with Gasteiger partial charge in [-0.25, -0.2) is 0 Å². The molecule has 0 unspecified atom stereocenters. The maximum Gasteiger partial charge on any atom is 0.324 e. The van der Waals surface area contributed by atoms with Gasteiger partial charge < -0.3 is 14.8 Å². The van der Waals surface area contributed by atoms with E-state index in [0.29, 0.717) is 5.95 Å². The van der Waals surface area contributed by atoms with Gasteiger partial charge in [0.05, 0.1) is 14.2 Å². The molecule has 19 heavy (non-hydrogen) atoms. The fourth-order valence-corrected chi connectivity index (χ4v) is 2.49. The van der Waals surface area contributed by atoms with Gasteiger partial charge in [0.1, 0.15) is 0 Å². The Labute approximate surface area is 118 Å². The van der Waals surface area contributed by atoms with E-state index >= 15 is 0 Å². The molecule has 7 heteroatoms. The van der Waals surface area contributed by atoms with Crippen LogP contribution in [0.5, 0.6) is 12.0 Å². The minimum Gasteiger partial charge on any atom is -0.467 e. The summed E-state index contributed by atoms with van der Waals surface area (Å²) in [5.74, 6) is 0.476. The van der Waals surface area contributed by atoms with Gasteiger partial charge in [-0.05, 0) is 19.1 Å². The Bertz CT molecular complexity index is 369. The third-order valence-corrected chi connectivity index (χ3v) is 4.84. The van der Waals surface area contributed by atoms with Crippen molar-refractivity contribution in [3.05, 3.63) is 0 Å². The van der Waals surface area contributed by atoms with Gasteiger partial charge >= 0.3 is 12.0 Å². The summed E-state index contributed by atoms with van der Waals surface area (Å²) in [5.41, 5.74) is 0. The van der Waals surface area contributed by atoms with Gasteiger partial charge in [-0.2, -0.15) is 21.7 Å². The molecule has 0 saturated heterocycles. The molecule has 0 fully saturated rings. The molecule has 1 heterocycles. The van der Waals surface area contributed by atoms with Gasteiger partial charge in [0, 0.05) is 11.3 Å². The lowest BCUT2D eigenvalue weighted by Gasteiger charge is -2.29. The molecule has 1 aromatic rings. The van der Waals surface area contributed by atoms with Gasteiger partial charge in [0.15, 0.2) is 0 Å². The molecule has 1 rings (SSSR count). The highest BCUT2D eigenvalue weighted by Crippen LogP contribution is 2.30. The van der Waals surface area contributed by atoms with Crippen LogP contribution in [0.15, 0.2) is 0 Å². The Morgan fingerprint density at radius 3 is 1.95 bits per heavy atom. The van der Waals surface area contributed by atoms with Crippen LogP contribution in [0.3, 0.4) is 0 Å². The molecule has 0 atom stereocenters. The van der Waals surface area contributed by atoms with E-state index in [4.69, 9.17) is 9.47 Å². The molecule has 1 N–H and O–H groups in total. The molecule has 0 aliphatic heterocycles. The second-order valence-corrected chi connectivity index (χ2v) is 5.35. The monoisotopic (exact) mass is 286 g/mol. The highest BCUT2D eigenvalue weighted by Gasteiger charge is 2.25. The Morgan fingerprint density at radius 1 is 1.05 bits per heavy atom. The van der Waals surface area contributed by atoms with E-state index in [-0.39, 0.29) is 16.8 Å². The molecule has 0 amide bonds. The van der Waals surface area contributed by atoms with E-state index in [1.165, 1.54) is 14.2 Å². The van der Waals surface area contributed by atoms with Gasteiger partial charge in [0.25, 0.3) is 0 Å². The summed E-state index contributed by atoms with van der Waals surface area (Å²) in [6, 6.07) is 0.495. The number of hydrogen-bond donors (Lipinski definition) is 1. The Morgan fingerprint density at radius 2 is 1.58 bits per heavy atom. The number of methoxy groups -OCH3 is 2. The van der Waals surface area contributed by atoms with Crippen LogP contribution in [-0.2, 0) is 0 Å². The van der Waals surface area contributed by atoms with Crippen LogP contribution in [-0.4, -0.2) is 46.7 Å². The van der Waals surface area contributed by atoms with Crippen LogP contribution in [0.4, 0.5) is 5.95 Å². The normalized spacial score (nSPS) is 11.2. The summed E-state index contributed by atoms with van der Waals surface area (Å²) in [4.78, 5) is 12.3. The summed E-state index contributed by atoms with van der Waals surface area (Å²) in [6.07, 6.45) is 4.29. The van der Waals surface area contributed by atoms with Crippen LogP contribution in [0.25, 0.3) is 0 Å². The number of rotatable bonds is 8. The van der Waals surface area contributed by atoms with E-state index in [1.54, 1.807) is 0 Å². The lowest BCUT2D eigenvalue weighted by molar-refractivity contribution is 0.341. The van der Waals surface area contributed by atoms with Gasteiger partial charge in [0.2, 0.25) is 5.95 Å². The SMILES string of the molecule is CCC(CC)(CNc1nc(OC)nc(OC)n1)SC. The fourth-order valence-electron chi connectivity index (χ4n) is 1.70. The van der Waals surface area contributed by atoms with E-state index in [0.717, 1.165) is 19.4 Å². The number of thioether (sulfide) groups is 1. The summed E-state index contributed by atoms with van der Waals surface area (Å²) in [5, 5.41) is 3.24. The highest BCUT2D eigenvalue weighted by molar-refractivity contribution is 8.00. The van der Waals surface area contributed by atoms with Crippen molar-refractivity contribution in [2.45, 2.75) is 31.4 Å². The average Bonchev–Trinajstić information content (AvgIpc) is 2.48. The van der Waals surface area contributed by atoms with Crippen LogP contribution >= 0.6 is 11.8 Å². The number of nitrogens with zero attached hydrogens (tertiary/aromatic N) is 3. The van der Waals surface area contributed by atoms with Crippen molar-refractivity contribution >= 4 is 17.7 Å². The second kappa shape index (κ2) is 7.37. The van der Waals surface area contributed by atoms with E-state index in [2.05, 4.69) is 40.4 Å². The lowest BCUT2D eigenvalue weighted by atomic mass is 10.0. The third-order valence-electron chi connectivity index (χ3n) is 3.25. The summed E-state index contributed by atoms with van der Waals surface area (Å²) in [7, 11) is 3.03. The first-order valence-electron chi connectivity index (χ1n) is 6.26. The van der Waals surface area contributed by atoms with E-state index in [9.17, 15) is 0 Å². The quantitative estimate of drug-likeness (QED) is 0.785. The van der Waals surface area contributed by atoms with E-state index < -0.39 is 0 Å². The average molecular weight is 286 g/mol. The number of ether oxygens (including phenoxy) is 2. The van der Waals surface area contributed by atoms with Crippen LogP contribution in [0, 0.1) is 0 Å². The molecule has 0 saturated carbocycles. The zero-order valence-corrected chi connectivity index (χ0v) is 13.0. The molecule has 0 aliphatic rings. The first-order valence-corrected chi connectivity index (χ1v) is 7.48. The third kappa shape index (κ3) is 4.12. The van der Waals surface area contributed by atoms with Crippen LogP contribution in [0.2, 0.25) is 0 Å². The zero-order valence-electron chi connectivity index (χ0n) is 12.2. The first-order chi connectivity index (χ1) is 9.12. The van der Waals surface area contributed by atoms with Crippen molar-refractivity contribution in [3.8, 4) is 12.0 Å². The summed E-state index contributed by atoms with van der Waals surface area (Å²) >= 11 is 1.86. The Kier molecular flexibility index (Phi) is 6.14. The van der Waals surface area contributed by atoms with Crippen molar-refractivity contribution in [2.75, 3.05) is 32.3 Å². The van der Waals surface area contributed by atoms with Crippen molar-refractivity contribution in [3.63, 3.8) is 0 Å². The Balaban J connectivity index is 2.81. The number of aromatic nitrogens is 3.